The minimum atomic E-state index is -0.763. The molecule has 0 saturated carbocycles. The van der Waals surface area contributed by atoms with Gasteiger partial charge in [-0.3, -0.25) is 14.6 Å². The maximum absolute atomic E-state index is 12.0. The molecule has 2 atom stereocenters. The molecule has 1 aromatic heterocycles. The number of aliphatic hydroxyl groups excluding tert-OH is 1. The molecule has 0 bridgehead atoms. The Kier molecular flexibility index (Phi) is 3.59. The van der Waals surface area contributed by atoms with Gasteiger partial charge in [0.1, 0.15) is 12.4 Å². The molecular formula is C17H16ClN3O4. The molecule has 7 nitrogen and oxygen atoms in total. The summed E-state index contributed by atoms with van der Waals surface area (Å²) < 4.78 is 5.64. The lowest BCUT2D eigenvalue weighted by Gasteiger charge is -2.21. The van der Waals surface area contributed by atoms with Crippen LogP contribution < -0.4 is 10.5 Å². The van der Waals surface area contributed by atoms with Crippen molar-refractivity contribution in [3.8, 4) is 5.75 Å². The Bertz CT molecular complexity index is 930. The number of hydrogen-bond acceptors (Lipinski definition) is 5. The van der Waals surface area contributed by atoms with Gasteiger partial charge in [0.25, 0.3) is 5.91 Å². The van der Waals surface area contributed by atoms with Gasteiger partial charge in [-0.25, -0.2) is 0 Å². The summed E-state index contributed by atoms with van der Waals surface area (Å²) in [5, 5.41) is 10.4. The van der Waals surface area contributed by atoms with E-state index in [1.165, 1.54) is 0 Å². The van der Waals surface area contributed by atoms with Crippen LogP contribution in [0.25, 0.3) is 10.9 Å². The SMILES string of the molecule is C[C@H]1c2c(cnc3cc(Cl)c4c(c23)C[C@H](C(N)=O)O4)CN1C(=O)CO. The Labute approximate surface area is 148 Å². The van der Waals surface area contributed by atoms with E-state index in [0.29, 0.717) is 29.3 Å². The smallest absolute Gasteiger partial charge is 0.258 e. The van der Waals surface area contributed by atoms with Crippen LogP contribution in [0.15, 0.2) is 12.3 Å². The number of benzene rings is 1. The van der Waals surface area contributed by atoms with E-state index in [0.717, 1.165) is 22.1 Å². The van der Waals surface area contributed by atoms with E-state index >= 15 is 0 Å². The quantitative estimate of drug-likeness (QED) is 0.832. The lowest BCUT2D eigenvalue weighted by Crippen LogP contribution is -2.32. The number of primary amides is 1. The normalized spacial score (nSPS) is 21.2. The highest BCUT2D eigenvalue weighted by atomic mass is 35.5. The number of fused-ring (bicyclic) bond motifs is 5. The lowest BCUT2D eigenvalue weighted by molar-refractivity contribution is -0.136. The minimum Gasteiger partial charge on any atom is -0.478 e. The molecule has 8 heteroatoms. The van der Waals surface area contributed by atoms with E-state index in [2.05, 4.69) is 4.98 Å². The third-order valence-electron chi connectivity index (χ3n) is 4.94. The summed E-state index contributed by atoms with van der Waals surface area (Å²) in [4.78, 5) is 29.6. The Hall–Kier alpha value is -2.38. The molecule has 0 spiro atoms. The number of nitrogens with zero attached hydrogens (tertiary/aromatic N) is 2. The van der Waals surface area contributed by atoms with Crippen molar-refractivity contribution in [2.75, 3.05) is 6.61 Å². The first-order valence-corrected chi connectivity index (χ1v) is 8.29. The third-order valence-corrected chi connectivity index (χ3v) is 5.22. The van der Waals surface area contributed by atoms with Crippen LogP contribution in [0.5, 0.6) is 5.75 Å². The number of nitrogens with two attached hydrogens (primary N) is 1. The summed E-state index contributed by atoms with van der Waals surface area (Å²) in [5.41, 5.74) is 8.73. The third kappa shape index (κ3) is 2.26. The number of aliphatic hydroxyl groups is 1. The summed E-state index contributed by atoms with van der Waals surface area (Å²) in [6.07, 6.45) is 1.28. The molecule has 0 saturated heterocycles. The van der Waals surface area contributed by atoms with Gasteiger partial charge in [-0.2, -0.15) is 0 Å². The highest BCUT2D eigenvalue weighted by Gasteiger charge is 2.37. The van der Waals surface area contributed by atoms with Gasteiger partial charge in [-0.05, 0) is 24.1 Å². The second kappa shape index (κ2) is 5.57. The summed E-state index contributed by atoms with van der Waals surface area (Å²) in [6, 6.07) is 1.47. The summed E-state index contributed by atoms with van der Waals surface area (Å²) >= 11 is 6.29. The second-order valence-electron chi connectivity index (χ2n) is 6.33. The van der Waals surface area contributed by atoms with E-state index in [-0.39, 0.29) is 11.9 Å². The van der Waals surface area contributed by atoms with Crippen molar-refractivity contribution in [2.24, 2.45) is 5.73 Å². The monoisotopic (exact) mass is 361 g/mol. The van der Waals surface area contributed by atoms with Crippen molar-refractivity contribution in [1.29, 1.82) is 0 Å². The lowest BCUT2D eigenvalue weighted by atomic mass is 9.95. The van der Waals surface area contributed by atoms with Gasteiger partial charge in [0.2, 0.25) is 5.91 Å². The Morgan fingerprint density at radius 2 is 2.28 bits per heavy atom. The zero-order valence-corrected chi connectivity index (χ0v) is 14.2. The number of amides is 2. The highest BCUT2D eigenvalue weighted by Crippen LogP contribution is 2.46. The fourth-order valence-corrected chi connectivity index (χ4v) is 4.04. The predicted molar refractivity (Wildman–Crippen MR) is 90.1 cm³/mol. The standard InChI is InChI=1S/C17H16ClN3O4/c1-7-14-8(5-21(7)13(23)6-22)4-20-11-3-10(18)16-9(15(11)14)2-12(25-16)17(19)24/h3-4,7,12,22H,2,5-6H2,1H3,(H2,19,24)/t7-,12+/m0/s1. The van der Waals surface area contributed by atoms with Crippen LogP contribution in [0, 0.1) is 0 Å². The number of rotatable bonds is 2. The Morgan fingerprint density at radius 1 is 1.52 bits per heavy atom. The van der Waals surface area contributed by atoms with Crippen molar-refractivity contribution < 1.29 is 19.4 Å². The molecule has 25 heavy (non-hydrogen) atoms. The highest BCUT2D eigenvalue weighted by molar-refractivity contribution is 6.33. The van der Waals surface area contributed by atoms with Gasteiger partial charge in [0.05, 0.1) is 16.6 Å². The number of carbonyl (C=O) groups excluding carboxylic acids is 2. The van der Waals surface area contributed by atoms with Gasteiger partial charge in [0, 0.05) is 30.1 Å². The molecule has 2 amide bonds. The molecule has 0 unspecified atom stereocenters. The van der Waals surface area contributed by atoms with Gasteiger partial charge in [-0.15, -0.1) is 0 Å². The number of carbonyl (C=O) groups is 2. The van der Waals surface area contributed by atoms with Crippen molar-refractivity contribution >= 4 is 34.3 Å². The zero-order valence-electron chi connectivity index (χ0n) is 13.5. The maximum Gasteiger partial charge on any atom is 0.258 e. The van der Waals surface area contributed by atoms with E-state index in [4.69, 9.17) is 22.1 Å². The summed E-state index contributed by atoms with van der Waals surface area (Å²) in [5.74, 6) is -0.438. The molecule has 4 rings (SSSR count). The average molecular weight is 362 g/mol. The zero-order chi connectivity index (χ0) is 17.9. The number of aromatic nitrogens is 1. The molecule has 0 radical (unpaired) electrons. The molecule has 3 N–H and O–H groups in total. The van der Waals surface area contributed by atoms with Crippen LogP contribution >= 0.6 is 11.6 Å². The van der Waals surface area contributed by atoms with Crippen molar-refractivity contribution in [2.45, 2.75) is 32.0 Å². The molecule has 3 heterocycles. The largest absolute Gasteiger partial charge is 0.478 e. The Balaban J connectivity index is 1.93. The van der Waals surface area contributed by atoms with Crippen LogP contribution in [0.3, 0.4) is 0 Å². The fraction of sp³-hybridized carbons (Fsp3) is 0.353. The molecule has 0 fully saturated rings. The van der Waals surface area contributed by atoms with Gasteiger partial charge in [0.15, 0.2) is 6.10 Å². The Morgan fingerprint density at radius 3 is 2.96 bits per heavy atom. The summed E-state index contributed by atoms with van der Waals surface area (Å²) in [7, 11) is 0. The number of ether oxygens (including phenoxy) is 1. The van der Waals surface area contributed by atoms with Gasteiger partial charge < -0.3 is 20.5 Å². The molecule has 2 aromatic rings. The van der Waals surface area contributed by atoms with Crippen LogP contribution in [0.1, 0.15) is 29.7 Å². The second-order valence-corrected chi connectivity index (χ2v) is 6.73. The topological polar surface area (TPSA) is 106 Å². The van der Waals surface area contributed by atoms with Crippen LogP contribution in [-0.2, 0) is 22.6 Å². The first kappa shape index (κ1) is 16.1. The van der Waals surface area contributed by atoms with E-state index < -0.39 is 18.6 Å². The molecule has 2 aliphatic rings. The van der Waals surface area contributed by atoms with Crippen LogP contribution in [0.4, 0.5) is 0 Å². The van der Waals surface area contributed by atoms with Crippen LogP contribution in [-0.4, -0.2) is 39.5 Å². The molecule has 2 aliphatic heterocycles. The van der Waals surface area contributed by atoms with Gasteiger partial charge >= 0.3 is 0 Å². The number of halogens is 1. The van der Waals surface area contributed by atoms with E-state index in [9.17, 15) is 14.7 Å². The number of pyridine rings is 1. The fourth-order valence-electron chi connectivity index (χ4n) is 3.77. The predicted octanol–water partition coefficient (Wildman–Crippen LogP) is 1.07. The van der Waals surface area contributed by atoms with Crippen LogP contribution in [0.2, 0.25) is 5.02 Å². The molecule has 0 aliphatic carbocycles. The number of hydrogen-bond donors (Lipinski definition) is 2. The van der Waals surface area contributed by atoms with Crippen molar-refractivity contribution in [1.82, 2.24) is 9.88 Å². The van der Waals surface area contributed by atoms with Crippen molar-refractivity contribution in [3.63, 3.8) is 0 Å². The van der Waals surface area contributed by atoms with E-state index in [1.807, 2.05) is 6.92 Å². The minimum absolute atomic E-state index is 0.224. The van der Waals surface area contributed by atoms with E-state index in [1.54, 1.807) is 17.2 Å². The first-order chi connectivity index (χ1) is 11.9. The molecule has 1 aromatic carbocycles. The first-order valence-electron chi connectivity index (χ1n) is 7.91. The average Bonchev–Trinajstić information content (AvgIpc) is 3.17. The molecule has 130 valence electrons. The molecular weight excluding hydrogens is 346 g/mol. The summed E-state index contributed by atoms with van der Waals surface area (Å²) in [6.45, 7) is 1.75. The van der Waals surface area contributed by atoms with Crippen molar-refractivity contribution in [3.05, 3.63) is 34.0 Å². The van der Waals surface area contributed by atoms with Gasteiger partial charge in [-0.1, -0.05) is 11.6 Å². The maximum atomic E-state index is 12.0.